The van der Waals surface area contributed by atoms with Crippen LogP contribution in [0.1, 0.15) is 96.5 Å². The molecule has 0 radical (unpaired) electrons. The molecular formula is C39H58N2O9. The average Bonchev–Trinajstić information content (AvgIpc) is 3.10. The quantitative estimate of drug-likeness (QED) is 0.104. The van der Waals surface area contributed by atoms with Crippen molar-refractivity contribution in [1.82, 2.24) is 4.90 Å². The number of oxime groups is 1. The predicted octanol–water partition coefficient (Wildman–Crippen LogP) is 6.67. The van der Waals surface area contributed by atoms with Gasteiger partial charge in [-0.05, 0) is 79.5 Å². The number of aliphatic hydroxyl groups is 2. The van der Waals surface area contributed by atoms with Crippen molar-refractivity contribution in [1.29, 1.82) is 0 Å². The summed E-state index contributed by atoms with van der Waals surface area (Å²) >= 11 is 0. The number of ether oxygens (including phenoxy) is 4. The van der Waals surface area contributed by atoms with Gasteiger partial charge in [0.2, 0.25) is 12.1 Å². The number of fused-ring (bicyclic) bond motifs is 2. The molecule has 0 bridgehead atoms. The Morgan fingerprint density at radius 2 is 1.90 bits per heavy atom. The van der Waals surface area contributed by atoms with Crippen molar-refractivity contribution in [3.63, 3.8) is 0 Å². The van der Waals surface area contributed by atoms with Crippen LogP contribution in [0.5, 0.6) is 11.5 Å². The van der Waals surface area contributed by atoms with Crippen LogP contribution in [0.3, 0.4) is 0 Å². The number of carbonyl (C=O) groups is 1. The highest BCUT2D eigenvalue weighted by atomic mass is 16.8. The Morgan fingerprint density at radius 1 is 1.14 bits per heavy atom. The Hall–Kier alpha value is -3.12. The number of likely N-dealkylation sites (N-methyl/N-ethyl adjacent to an activating group) is 1. The van der Waals surface area contributed by atoms with Crippen molar-refractivity contribution in [3.05, 3.63) is 48.1 Å². The Bertz CT molecular complexity index is 1370. The van der Waals surface area contributed by atoms with E-state index in [-0.39, 0.29) is 61.8 Å². The van der Waals surface area contributed by atoms with Crippen molar-refractivity contribution in [2.75, 3.05) is 40.1 Å². The number of phenolic OH excluding ortho intramolecular Hbond substituents is 1. The van der Waals surface area contributed by atoms with Gasteiger partial charge in [-0.15, -0.1) is 6.58 Å². The SMILES string of the molecule is C=CCOC12Oc3ccc(O)cc3C3C(CCCCO)C(CCCCO)C=C(C(=NOC4CCCCO4)CC1N(C)C(=O)OCC(C)(C)C)C32. The fraction of sp³-hybridized carbons (Fsp3) is 0.692. The van der Waals surface area contributed by atoms with E-state index in [9.17, 15) is 20.1 Å². The normalized spacial score (nSPS) is 29.6. The van der Waals surface area contributed by atoms with Gasteiger partial charge in [-0.25, -0.2) is 4.79 Å². The lowest BCUT2D eigenvalue weighted by molar-refractivity contribution is -0.254. The van der Waals surface area contributed by atoms with Crippen LogP contribution in [0.4, 0.5) is 4.79 Å². The van der Waals surface area contributed by atoms with Crippen molar-refractivity contribution in [3.8, 4) is 11.5 Å². The summed E-state index contributed by atoms with van der Waals surface area (Å²) < 4.78 is 25.6. The lowest BCUT2D eigenvalue weighted by atomic mass is 9.55. The van der Waals surface area contributed by atoms with Crippen LogP contribution in [0, 0.1) is 23.2 Å². The standard InChI is InChI=1S/C39H58N2O9/c1-6-20-48-39-33(41(5)37(45)47-25-38(2,3)4)24-31(40-50-34-15-9-12-21-46-34)29-22-26(13-7-10-18-42)28(14-8-11-19-43)35(36(29)39)30-23-27(44)16-17-32(30)49-39/h6,16-17,22-23,26,28,33-36,42-44H,1,7-15,18-21,24-25H2,2-5H3. The summed E-state index contributed by atoms with van der Waals surface area (Å²) in [5.74, 6) is -1.12. The summed E-state index contributed by atoms with van der Waals surface area (Å²) in [6.07, 6.45) is 10.7. The zero-order valence-electron chi connectivity index (χ0n) is 30.4. The highest BCUT2D eigenvalue weighted by molar-refractivity contribution is 6.02. The largest absolute Gasteiger partial charge is 0.508 e. The number of aliphatic hydroxyl groups excluding tert-OH is 2. The van der Waals surface area contributed by atoms with Crippen molar-refractivity contribution in [2.45, 2.75) is 109 Å². The number of phenols is 1. The maximum atomic E-state index is 13.9. The zero-order chi connectivity index (χ0) is 35.9. The topological polar surface area (TPSA) is 140 Å². The van der Waals surface area contributed by atoms with Gasteiger partial charge in [0.1, 0.15) is 17.5 Å². The summed E-state index contributed by atoms with van der Waals surface area (Å²) in [5.41, 5.74) is 2.26. The first-order valence-electron chi connectivity index (χ1n) is 18.5. The van der Waals surface area contributed by atoms with E-state index < -0.39 is 30.1 Å². The molecule has 7 unspecified atom stereocenters. The molecule has 0 spiro atoms. The van der Waals surface area contributed by atoms with Gasteiger partial charge in [0.15, 0.2) is 0 Å². The van der Waals surface area contributed by atoms with Gasteiger partial charge in [-0.1, -0.05) is 50.9 Å². The van der Waals surface area contributed by atoms with Gasteiger partial charge < -0.3 is 44.0 Å². The molecule has 11 nitrogen and oxygen atoms in total. The molecule has 1 amide bonds. The molecule has 5 rings (SSSR count). The maximum Gasteiger partial charge on any atom is 0.410 e. The monoisotopic (exact) mass is 698 g/mol. The van der Waals surface area contributed by atoms with Crippen molar-refractivity contribution in [2.24, 2.45) is 28.3 Å². The van der Waals surface area contributed by atoms with Gasteiger partial charge >= 0.3 is 6.09 Å². The first-order valence-corrected chi connectivity index (χ1v) is 18.5. The maximum absolute atomic E-state index is 13.9. The van der Waals surface area contributed by atoms with Crippen molar-refractivity contribution >= 4 is 11.8 Å². The fourth-order valence-corrected chi connectivity index (χ4v) is 8.16. The number of carbonyl (C=O) groups excluding carboxylic acids is 1. The molecule has 0 aromatic heterocycles. The Morgan fingerprint density at radius 3 is 2.58 bits per heavy atom. The Kier molecular flexibility index (Phi) is 12.9. The van der Waals surface area contributed by atoms with E-state index in [1.165, 1.54) is 0 Å². The molecule has 1 saturated heterocycles. The van der Waals surface area contributed by atoms with E-state index in [0.29, 0.717) is 30.9 Å². The number of aromatic hydroxyl groups is 1. The van der Waals surface area contributed by atoms with Crippen LogP contribution in [0.25, 0.3) is 0 Å². The molecule has 2 aliphatic carbocycles. The lowest BCUT2D eigenvalue weighted by Gasteiger charge is -2.59. The number of rotatable bonds is 15. The van der Waals surface area contributed by atoms with E-state index in [2.05, 4.69) is 12.7 Å². The average molecular weight is 699 g/mol. The molecule has 11 heteroatoms. The van der Waals surface area contributed by atoms with Crippen LogP contribution in [-0.2, 0) is 19.0 Å². The summed E-state index contributed by atoms with van der Waals surface area (Å²) in [7, 11) is 1.72. The van der Waals surface area contributed by atoms with E-state index in [1.807, 2.05) is 20.8 Å². The minimum absolute atomic E-state index is 0.0749. The second kappa shape index (κ2) is 16.9. The summed E-state index contributed by atoms with van der Waals surface area (Å²) in [4.78, 5) is 21.5. The molecule has 4 aliphatic rings. The molecule has 7 atom stereocenters. The second-order valence-corrected chi connectivity index (χ2v) is 15.4. The van der Waals surface area contributed by atoms with Gasteiger partial charge in [0, 0.05) is 44.6 Å². The van der Waals surface area contributed by atoms with E-state index in [0.717, 1.165) is 56.1 Å². The van der Waals surface area contributed by atoms with Crippen LogP contribution in [0.15, 0.2) is 47.7 Å². The summed E-state index contributed by atoms with van der Waals surface area (Å²) in [6.45, 7) is 11.2. The van der Waals surface area contributed by atoms with Crippen LogP contribution >= 0.6 is 0 Å². The summed E-state index contributed by atoms with van der Waals surface area (Å²) in [6, 6.07) is 4.51. The molecule has 2 aliphatic heterocycles. The minimum Gasteiger partial charge on any atom is -0.508 e. The smallest absolute Gasteiger partial charge is 0.410 e. The Balaban J connectivity index is 1.70. The van der Waals surface area contributed by atoms with Crippen LogP contribution in [-0.4, -0.2) is 90.2 Å². The lowest BCUT2D eigenvalue weighted by Crippen LogP contribution is -2.69. The number of unbranched alkanes of at least 4 members (excludes halogenated alkanes) is 2. The number of allylic oxidation sites excluding steroid dienone is 1. The third-order valence-electron chi connectivity index (χ3n) is 10.5. The molecular weight excluding hydrogens is 640 g/mol. The number of hydrogen-bond acceptors (Lipinski definition) is 10. The van der Waals surface area contributed by atoms with Crippen LogP contribution in [0.2, 0.25) is 0 Å². The molecule has 1 saturated carbocycles. The third-order valence-corrected chi connectivity index (χ3v) is 10.5. The predicted molar refractivity (Wildman–Crippen MR) is 190 cm³/mol. The van der Waals surface area contributed by atoms with Crippen molar-refractivity contribution < 1.29 is 43.9 Å². The number of benzene rings is 1. The number of amides is 1. The Labute approximate surface area is 297 Å². The highest BCUT2D eigenvalue weighted by Gasteiger charge is 2.65. The molecule has 1 aromatic carbocycles. The molecule has 1 aromatic rings. The second-order valence-electron chi connectivity index (χ2n) is 15.4. The molecule has 278 valence electrons. The van der Waals surface area contributed by atoms with Crippen LogP contribution < -0.4 is 4.74 Å². The molecule has 3 N–H and O–H groups in total. The van der Waals surface area contributed by atoms with E-state index in [4.69, 9.17) is 28.9 Å². The zero-order valence-corrected chi connectivity index (χ0v) is 30.4. The highest BCUT2D eigenvalue weighted by Crippen LogP contribution is 2.61. The van der Waals surface area contributed by atoms with Gasteiger partial charge in [-0.2, -0.15) is 0 Å². The molecule has 2 fully saturated rings. The van der Waals surface area contributed by atoms with Gasteiger partial charge in [-0.3, -0.25) is 0 Å². The van der Waals surface area contributed by atoms with Gasteiger partial charge in [0.25, 0.3) is 0 Å². The molecule has 50 heavy (non-hydrogen) atoms. The third kappa shape index (κ3) is 8.49. The van der Waals surface area contributed by atoms with E-state index in [1.54, 1.807) is 36.2 Å². The number of nitrogens with zero attached hydrogens (tertiary/aromatic N) is 2. The fourth-order valence-electron chi connectivity index (χ4n) is 8.16. The summed E-state index contributed by atoms with van der Waals surface area (Å²) in [5, 5.41) is 35.1. The minimum atomic E-state index is -1.37. The van der Waals surface area contributed by atoms with E-state index >= 15 is 0 Å². The number of hydrogen-bond donors (Lipinski definition) is 3. The molecule has 2 heterocycles. The first-order chi connectivity index (χ1) is 24.0. The van der Waals surface area contributed by atoms with Gasteiger partial charge in [0.05, 0.1) is 31.5 Å². The first kappa shape index (κ1) is 38.1.